The first kappa shape index (κ1) is 20.9. The summed E-state index contributed by atoms with van der Waals surface area (Å²) >= 11 is 0. The van der Waals surface area contributed by atoms with E-state index in [1.54, 1.807) is 6.92 Å². The van der Waals surface area contributed by atoms with E-state index >= 15 is 0 Å². The van der Waals surface area contributed by atoms with E-state index in [9.17, 15) is 32.7 Å². The molecule has 0 saturated carbocycles. The van der Waals surface area contributed by atoms with E-state index in [0.29, 0.717) is 31.7 Å². The van der Waals surface area contributed by atoms with Crippen molar-refractivity contribution >= 4 is 11.8 Å². The lowest BCUT2D eigenvalue weighted by molar-refractivity contribution is -0.0328. The molecule has 0 aliphatic carbocycles. The van der Waals surface area contributed by atoms with Crippen molar-refractivity contribution in [2.24, 2.45) is 0 Å². The Balaban J connectivity index is 1.69. The molecule has 1 saturated heterocycles. The van der Waals surface area contributed by atoms with Crippen LogP contribution in [-0.2, 0) is 11.3 Å². The van der Waals surface area contributed by atoms with Gasteiger partial charge in [-0.3, -0.25) is 14.4 Å². The van der Waals surface area contributed by atoms with Crippen molar-refractivity contribution in [3.05, 3.63) is 62.8 Å². The van der Waals surface area contributed by atoms with Gasteiger partial charge in [-0.15, -0.1) is 0 Å². The number of carbonyl (C=O) groups excluding carboxylic acids is 2. The Bertz CT molecular complexity index is 1130. The van der Waals surface area contributed by atoms with Gasteiger partial charge in [0.25, 0.3) is 11.8 Å². The van der Waals surface area contributed by atoms with Crippen molar-refractivity contribution in [2.45, 2.75) is 32.2 Å². The zero-order valence-corrected chi connectivity index (χ0v) is 16.3. The minimum absolute atomic E-state index is 0.245. The first-order valence-corrected chi connectivity index (χ1v) is 9.56. The summed E-state index contributed by atoms with van der Waals surface area (Å²) in [6.45, 7) is 1.72. The fraction of sp³-hybridized carbons (Fsp3) is 0.350. The number of hydrogen-bond donors (Lipinski definition) is 2. The van der Waals surface area contributed by atoms with Crippen molar-refractivity contribution in [2.75, 3.05) is 13.2 Å². The second-order valence-electron chi connectivity index (χ2n) is 7.22. The molecule has 31 heavy (non-hydrogen) atoms. The van der Waals surface area contributed by atoms with E-state index < -0.39 is 70.4 Å². The van der Waals surface area contributed by atoms with Gasteiger partial charge in [0, 0.05) is 37.0 Å². The van der Waals surface area contributed by atoms with Gasteiger partial charge in [0.1, 0.15) is 23.0 Å². The molecule has 0 unspecified atom stereocenters. The number of rotatable bonds is 4. The maximum Gasteiger partial charge on any atom is 0.276 e. The number of benzene rings is 1. The van der Waals surface area contributed by atoms with Crippen LogP contribution in [0.1, 0.15) is 45.8 Å². The third-order valence-corrected chi connectivity index (χ3v) is 5.49. The molecule has 2 atom stereocenters. The number of aromatic nitrogens is 1. The van der Waals surface area contributed by atoms with Crippen LogP contribution in [0, 0.1) is 17.5 Å². The van der Waals surface area contributed by atoms with Crippen molar-refractivity contribution in [3.63, 3.8) is 0 Å². The average Bonchev–Trinajstić information content (AvgIpc) is 3.19. The highest BCUT2D eigenvalue weighted by molar-refractivity contribution is 5.99. The topological polar surface area (TPSA) is 101 Å². The number of nitrogens with one attached hydrogen (secondary N) is 1. The van der Waals surface area contributed by atoms with Gasteiger partial charge < -0.3 is 24.6 Å². The van der Waals surface area contributed by atoms with Crippen molar-refractivity contribution in [1.82, 2.24) is 14.8 Å². The van der Waals surface area contributed by atoms with Crippen LogP contribution in [0.15, 0.2) is 23.1 Å². The Labute approximate surface area is 173 Å². The predicted molar refractivity (Wildman–Crippen MR) is 100.0 cm³/mol. The van der Waals surface area contributed by atoms with Crippen LogP contribution in [-0.4, -0.2) is 45.8 Å². The molecule has 0 bridgehead atoms. The maximum atomic E-state index is 13.8. The number of fused-ring (bicyclic) bond motifs is 3. The summed E-state index contributed by atoms with van der Waals surface area (Å²) in [4.78, 5) is 39.3. The van der Waals surface area contributed by atoms with Gasteiger partial charge in [0.05, 0.1) is 12.6 Å². The minimum atomic E-state index is -1.20. The minimum Gasteiger partial charge on any atom is -0.503 e. The largest absolute Gasteiger partial charge is 0.503 e. The zero-order chi connectivity index (χ0) is 22.4. The van der Waals surface area contributed by atoms with Crippen LogP contribution in [0.4, 0.5) is 13.2 Å². The molecule has 8 nitrogen and oxygen atoms in total. The smallest absolute Gasteiger partial charge is 0.276 e. The highest BCUT2D eigenvalue weighted by Crippen LogP contribution is 2.36. The number of likely N-dealkylation sites (N-methyl/N-ethyl adjacent to an activating group) is 1. The second kappa shape index (κ2) is 7.73. The summed E-state index contributed by atoms with van der Waals surface area (Å²) in [6, 6.07) is 0.517. The zero-order valence-electron chi connectivity index (χ0n) is 16.3. The number of ether oxygens (including phenoxy) is 1. The van der Waals surface area contributed by atoms with Crippen molar-refractivity contribution < 1.29 is 32.6 Å². The number of amides is 2. The molecule has 2 amide bonds. The summed E-state index contributed by atoms with van der Waals surface area (Å²) in [5.74, 6) is -6.01. The second-order valence-corrected chi connectivity index (χ2v) is 7.22. The summed E-state index contributed by atoms with van der Waals surface area (Å²) in [5, 5.41) is 12.6. The molecule has 2 aliphatic heterocycles. The molecular weight excluding hydrogens is 419 g/mol. The van der Waals surface area contributed by atoms with Crippen LogP contribution in [0.3, 0.4) is 0 Å². The van der Waals surface area contributed by atoms with E-state index in [0.717, 1.165) is 6.20 Å². The fourth-order valence-corrected chi connectivity index (χ4v) is 3.97. The number of carbonyl (C=O) groups is 2. The molecule has 1 fully saturated rings. The van der Waals surface area contributed by atoms with E-state index in [4.69, 9.17) is 4.74 Å². The van der Waals surface area contributed by atoms with E-state index in [1.807, 2.05) is 0 Å². The van der Waals surface area contributed by atoms with Crippen LogP contribution in [0.5, 0.6) is 5.75 Å². The first-order chi connectivity index (χ1) is 14.7. The monoisotopic (exact) mass is 437 g/mol. The molecule has 2 aliphatic rings. The van der Waals surface area contributed by atoms with Crippen LogP contribution >= 0.6 is 0 Å². The molecule has 164 valence electrons. The van der Waals surface area contributed by atoms with Gasteiger partial charge in [-0.25, -0.2) is 13.2 Å². The molecule has 3 heterocycles. The van der Waals surface area contributed by atoms with Crippen molar-refractivity contribution in [1.29, 1.82) is 0 Å². The number of halogens is 3. The average molecular weight is 437 g/mol. The normalized spacial score (nSPS) is 19.9. The summed E-state index contributed by atoms with van der Waals surface area (Å²) < 4.78 is 47.6. The lowest BCUT2D eigenvalue weighted by Crippen LogP contribution is -2.50. The molecule has 1 aromatic carbocycles. The van der Waals surface area contributed by atoms with Crippen LogP contribution in [0.25, 0.3) is 0 Å². The molecule has 2 aromatic rings. The lowest BCUT2D eigenvalue weighted by Gasteiger charge is -2.38. The van der Waals surface area contributed by atoms with Gasteiger partial charge in [0.2, 0.25) is 5.43 Å². The van der Waals surface area contributed by atoms with Crippen LogP contribution < -0.4 is 10.7 Å². The van der Waals surface area contributed by atoms with Gasteiger partial charge >= 0.3 is 0 Å². The number of pyridine rings is 1. The Hall–Kier alpha value is -3.34. The van der Waals surface area contributed by atoms with Gasteiger partial charge in [0.15, 0.2) is 17.7 Å². The standard InChI is InChI=1S/C20H18F3N3O5/c1-2-25-19(30)15-17(28)16(27)11(8-26(15)14-3-4-31-20(14)25)18(29)24-7-10-12(22)5-9(21)6-13(10)23/h5-6,8,14,20,28H,2-4,7H2,1H3,(H,24,29)/t14-,20+/m0/s1. The SMILES string of the molecule is CCN1C(=O)c2c(O)c(=O)c(C(=O)NCc3c(F)cc(F)cc3F)cn2[C@H]2CCO[C@H]21. The fourth-order valence-electron chi connectivity index (χ4n) is 3.97. The predicted octanol–water partition coefficient (Wildman–Crippen LogP) is 1.66. The van der Waals surface area contributed by atoms with Gasteiger partial charge in [-0.1, -0.05) is 0 Å². The number of hydrogen-bond acceptors (Lipinski definition) is 5. The highest BCUT2D eigenvalue weighted by Gasteiger charge is 2.44. The summed E-state index contributed by atoms with van der Waals surface area (Å²) in [6.07, 6.45) is 1.02. The Morgan fingerprint density at radius 3 is 2.58 bits per heavy atom. The van der Waals surface area contributed by atoms with E-state index in [2.05, 4.69) is 5.32 Å². The molecule has 2 N–H and O–H groups in total. The van der Waals surface area contributed by atoms with E-state index in [1.165, 1.54) is 9.47 Å². The van der Waals surface area contributed by atoms with Crippen LogP contribution in [0.2, 0.25) is 0 Å². The molecule has 1 aromatic heterocycles. The van der Waals surface area contributed by atoms with E-state index in [-0.39, 0.29) is 5.69 Å². The van der Waals surface area contributed by atoms with Crippen molar-refractivity contribution in [3.8, 4) is 5.75 Å². The highest BCUT2D eigenvalue weighted by atomic mass is 19.1. The molecule has 0 spiro atoms. The summed E-state index contributed by atoms with van der Waals surface area (Å²) in [5.41, 5.74) is -2.43. The number of nitrogens with zero attached hydrogens (tertiary/aromatic N) is 2. The lowest BCUT2D eigenvalue weighted by atomic mass is 10.1. The van der Waals surface area contributed by atoms with Gasteiger partial charge in [-0.05, 0) is 13.3 Å². The number of aromatic hydroxyl groups is 1. The Morgan fingerprint density at radius 1 is 1.26 bits per heavy atom. The molecule has 0 radical (unpaired) electrons. The quantitative estimate of drug-likeness (QED) is 0.758. The summed E-state index contributed by atoms with van der Waals surface area (Å²) in [7, 11) is 0. The molecule has 4 rings (SSSR count). The first-order valence-electron chi connectivity index (χ1n) is 9.56. The Morgan fingerprint density at radius 2 is 1.94 bits per heavy atom. The molecule has 11 heteroatoms. The Kier molecular flexibility index (Phi) is 5.21. The van der Waals surface area contributed by atoms with Gasteiger partial charge in [-0.2, -0.15) is 0 Å². The maximum absolute atomic E-state index is 13.8. The molecular formula is C20H18F3N3O5. The third kappa shape index (κ3) is 3.34. The third-order valence-electron chi connectivity index (χ3n) is 5.49.